The van der Waals surface area contributed by atoms with Crippen molar-refractivity contribution in [1.29, 1.82) is 0 Å². The van der Waals surface area contributed by atoms with E-state index in [0.29, 0.717) is 5.75 Å². The second-order valence-electron chi connectivity index (χ2n) is 5.98. The smallest absolute Gasteiger partial charge is 0.339 e. The Bertz CT molecular complexity index is 502. The normalized spacial score (nSPS) is 25.6. The highest BCUT2D eigenvalue weighted by Gasteiger charge is 2.35. The fourth-order valence-electron chi connectivity index (χ4n) is 3.73. The number of methoxy groups -OCH3 is 1. The molecule has 1 N–H and O–H groups in total. The van der Waals surface area contributed by atoms with Gasteiger partial charge in [-0.05, 0) is 42.4 Å². The lowest BCUT2D eigenvalue weighted by atomic mass is 10.0. The molecular weight excluding hydrogens is 254 g/mol. The summed E-state index contributed by atoms with van der Waals surface area (Å²) in [5.74, 6) is 1.28. The van der Waals surface area contributed by atoms with Crippen molar-refractivity contribution in [1.82, 2.24) is 4.90 Å². The Labute approximate surface area is 119 Å². The lowest BCUT2D eigenvalue weighted by molar-refractivity contribution is 0.0693. The lowest BCUT2D eigenvalue weighted by Crippen LogP contribution is -2.21. The SMILES string of the molecule is COc1cc(CN2CC3CCCC3C2)ccc1C(=O)O. The Morgan fingerprint density at radius 2 is 2.05 bits per heavy atom. The molecule has 1 aromatic rings. The first-order valence-corrected chi connectivity index (χ1v) is 7.30. The van der Waals surface area contributed by atoms with E-state index in [1.54, 1.807) is 6.07 Å². The van der Waals surface area contributed by atoms with Gasteiger partial charge in [0.2, 0.25) is 0 Å². The number of likely N-dealkylation sites (tertiary alicyclic amines) is 1. The van der Waals surface area contributed by atoms with E-state index in [9.17, 15) is 4.79 Å². The third-order valence-corrected chi connectivity index (χ3v) is 4.70. The zero-order valence-electron chi connectivity index (χ0n) is 11.8. The van der Waals surface area contributed by atoms with Crippen LogP contribution in [0.5, 0.6) is 5.75 Å². The summed E-state index contributed by atoms with van der Waals surface area (Å²) >= 11 is 0. The molecule has 0 aromatic heterocycles. The molecular formula is C16H21NO3. The Balaban J connectivity index is 1.70. The Hall–Kier alpha value is -1.55. The summed E-state index contributed by atoms with van der Waals surface area (Å²) in [6.07, 6.45) is 4.15. The summed E-state index contributed by atoms with van der Waals surface area (Å²) in [5, 5.41) is 9.09. The van der Waals surface area contributed by atoms with Gasteiger partial charge in [-0.15, -0.1) is 0 Å². The molecule has 2 atom stereocenters. The maximum atomic E-state index is 11.1. The molecule has 3 rings (SSSR count). The Morgan fingerprint density at radius 3 is 2.65 bits per heavy atom. The van der Waals surface area contributed by atoms with Crippen LogP contribution in [0.3, 0.4) is 0 Å². The van der Waals surface area contributed by atoms with E-state index in [1.165, 1.54) is 39.5 Å². The van der Waals surface area contributed by atoms with Crippen LogP contribution in [0.15, 0.2) is 18.2 Å². The number of carbonyl (C=O) groups is 1. The molecule has 1 aliphatic heterocycles. The second-order valence-corrected chi connectivity index (χ2v) is 5.98. The number of carboxylic acids is 1. The molecule has 0 amide bonds. The van der Waals surface area contributed by atoms with Gasteiger partial charge < -0.3 is 9.84 Å². The first kappa shape index (κ1) is 13.4. The molecule has 0 bridgehead atoms. The molecule has 4 heteroatoms. The Kier molecular flexibility index (Phi) is 3.66. The van der Waals surface area contributed by atoms with E-state index in [-0.39, 0.29) is 5.56 Å². The van der Waals surface area contributed by atoms with Gasteiger partial charge in [0.25, 0.3) is 0 Å². The molecule has 1 saturated carbocycles. The summed E-state index contributed by atoms with van der Waals surface area (Å²) in [5.41, 5.74) is 1.36. The van der Waals surface area contributed by atoms with Gasteiger partial charge in [-0.25, -0.2) is 4.79 Å². The van der Waals surface area contributed by atoms with Crippen LogP contribution in [-0.4, -0.2) is 36.2 Å². The molecule has 2 fully saturated rings. The van der Waals surface area contributed by atoms with Gasteiger partial charge in [0.05, 0.1) is 7.11 Å². The van der Waals surface area contributed by atoms with Gasteiger partial charge in [-0.3, -0.25) is 4.90 Å². The highest BCUT2D eigenvalue weighted by Crippen LogP contribution is 2.38. The van der Waals surface area contributed by atoms with Gasteiger partial charge >= 0.3 is 5.97 Å². The van der Waals surface area contributed by atoms with Crippen LogP contribution < -0.4 is 4.74 Å². The zero-order chi connectivity index (χ0) is 14.1. The van der Waals surface area contributed by atoms with Crippen molar-refractivity contribution in [2.75, 3.05) is 20.2 Å². The largest absolute Gasteiger partial charge is 0.496 e. The minimum atomic E-state index is -0.941. The van der Waals surface area contributed by atoms with Crippen molar-refractivity contribution in [3.8, 4) is 5.75 Å². The highest BCUT2D eigenvalue weighted by atomic mass is 16.5. The van der Waals surface area contributed by atoms with Gasteiger partial charge in [-0.1, -0.05) is 12.5 Å². The highest BCUT2D eigenvalue weighted by molar-refractivity contribution is 5.90. The summed E-state index contributed by atoms with van der Waals surface area (Å²) < 4.78 is 5.19. The predicted octanol–water partition coefficient (Wildman–Crippen LogP) is 2.63. The van der Waals surface area contributed by atoms with Crippen molar-refractivity contribution in [3.05, 3.63) is 29.3 Å². The fraction of sp³-hybridized carbons (Fsp3) is 0.562. The number of fused-ring (bicyclic) bond motifs is 1. The van der Waals surface area contributed by atoms with Crippen LogP contribution >= 0.6 is 0 Å². The average molecular weight is 275 g/mol. The van der Waals surface area contributed by atoms with E-state index in [2.05, 4.69) is 4.90 Å². The summed E-state index contributed by atoms with van der Waals surface area (Å²) in [6.45, 7) is 3.27. The minimum Gasteiger partial charge on any atom is -0.496 e. The molecule has 108 valence electrons. The maximum absolute atomic E-state index is 11.1. The molecule has 20 heavy (non-hydrogen) atoms. The third-order valence-electron chi connectivity index (χ3n) is 4.70. The van der Waals surface area contributed by atoms with E-state index < -0.39 is 5.97 Å². The van der Waals surface area contributed by atoms with Crippen LogP contribution in [0, 0.1) is 11.8 Å². The molecule has 0 radical (unpaired) electrons. The van der Waals surface area contributed by atoms with Gasteiger partial charge in [0.15, 0.2) is 0 Å². The molecule has 2 unspecified atom stereocenters. The van der Waals surface area contributed by atoms with E-state index >= 15 is 0 Å². The van der Waals surface area contributed by atoms with Crippen LogP contribution in [0.25, 0.3) is 0 Å². The number of rotatable bonds is 4. The van der Waals surface area contributed by atoms with E-state index in [1.807, 2.05) is 12.1 Å². The van der Waals surface area contributed by atoms with Crippen molar-refractivity contribution in [3.63, 3.8) is 0 Å². The van der Waals surface area contributed by atoms with Crippen molar-refractivity contribution < 1.29 is 14.6 Å². The summed E-state index contributed by atoms with van der Waals surface area (Å²) in [6, 6.07) is 5.41. The van der Waals surface area contributed by atoms with Crippen molar-refractivity contribution >= 4 is 5.97 Å². The fourth-order valence-corrected chi connectivity index (χ4v) is 3.73. The topological polar surface area (TPSA) is 49.8 Å². The first-order chi connectivity index (χ1) is 9.67. The minimum absolute atomic E-state index is 0.231. The number of benzene rings is 1. The second kappa shape index (κ2) is 5.44. The van der Waals surface area contributed by atoms with Crippen LogP contribution in [-0.2, 0) is 6.54 Å². The molecule has 0 spiro atoms. The molecule has 1 aliphatic carbocycles. The van der Waals surface area contributed by atoms with Gasteiger partial charge in [-0.2, -0.15) is 0 Å². The van der Waals surface area contributed by atoms with Crippen LogP contribution in [0.1, 0.15) is 35.2 Å². The molecule has 1 heterocycles. The number of carboxylic acid groups (broad SMARTS) is 1. The zero-order valence-corrected chi connectivity index (χ0v) is 11.8. The number of ether oxygens (including phenoxy) is 1. The Morgan fingerprint density at radius 1 is 1.35 bits per heavy atom. The van der Waals surface area contributed by atoms with Crippen LogP contribution in [0.2, 0.25) is 0 Å². The molecule has 2 aliphatic rings. The standard InChI is InChI=1S/C16H21NO3/c1-20-15-7-11(5-6-14(15)16(18)19)8-17-9-12-3-2-4-13(12)10-17/h5-7,12-13H,2-4,8-10H2,1H3,(H,18,19). The van der Waals surface area contributed by atoms with E-state index in [0.717, 1.165) is 23.9 Å². The van der Waals surface area contributed by atoms with Crippen LogP contribution in [0.4, 0.5) is 0 Å². The van der Waals surface area contributed by atoms with Gasteiger partial charge in [0.1, 0.15) is 11.3 Å². The van der Waals surface area contributed by atoms with Crippen molar-refractivity contribution in [2.24, 2.45) is 11.8 Å². The summed E-state index contributed by atoms with van der Waals surface area (Å²) in [4.78, 5) is 13.6. The van der Waals surface area contributed by atoms with Gasteiger partial charge in [0, 0.05) is 19.6 Å². The lowest BCUT2D eigenvalue weighted by Gasteiger charge is -2.17. The van der Waals surface area contributed by atoms with Crippen molar-refractivity contribution in [2.45, 2.75) is 25.8 Å². The molecule has 1 saturated heterocycles. The number of hydrogen-bond donors (Lipinski definition) is 1. The molecule has 4 nitrogen and oxygen atoms in total. The predicted molar refractivity (Wildman–Crippen MR) is 76.1 cm³/mol. The number of aromatic carboxylic acids is 1. The first-order valence-electron chi connectivity index (χ1n) is 7.30. The number of nitrogens with zero attached hydrogens (tertiary/aromatic N) is 1. The maximum Gasteiger partial charge on any atom is 0.339 e. The number of hydrogen-bond acceptors (Lipinski definition) is 3. The summed E-state index contributed by atoms with van der Waals surface area (Å²) in [7, 11) is 1.52. The monoisotopic (exact) mass is 275 g/mol. The molecule has 1 aromatic carbocycles. The quantitative estimate of drug-likeness (QED) is 0.917. The van der Waals surface area contributed by atoms with E-state index in [4.69, 9.17) is 9.84 Å². The third kappa shape index (κ3) is 2.52. The average Bonchev–Trinajstić information content (AvgIpc) is 2.99.